The van der Waals surface area contributed by atoms with Gasteiger partial charge in [-0.1, -0.05) is 29.8 Å². The molecule has 0 fully saturated rings. The number of nitrogens with zero attached hydrogens (tertiary/aromatic N) is 2. The molecule has 0 radical (unpaired) electrons. The standard InChI is InChI=1S/C14H10ClN3O/c15-12-6-5-9-13(17-12)18-10-4-2-1-3-8(10)7-11(18)14(19)16-9/h1-6,11H,7H2,(H,16,19). The lowest BCUT2D eigenvalue weighted by molar-refractivity contribution is -0.117. The third-order valence-electron chi connectivity index (χ3n) is 3.61. The Balaban J connectivity index is 1.96. The molecule has 1 atom stereocenters. The summed E-state index contributed by atoms with van der Waals surface area (Å²) in [7, 11) is 0. The minimum absolute atomic E-state index is 0.00724. The van der Waals surface area contributed by atoms with Gasteiger partial charge in [0.2, 0.25) is 5.91 Å². The van der Waals surface area contributed by atoms with Crippen LogP contribution in [0.2, 0.25) is 5.15 Å². The summed E-state index contributed by atoms with van der Waals surface area (Å²) in [6.45, 7) is 0. The normalized spacial score (nSPS) is 19.5. The van der Waals surface area contributed by atoms with E-state index in [0.717, 1.165) is 17.1 Å². The van der Waals surface area contributed by atoms with Crippen LogP contribution in [0, 0.1) is 0 Å². The molecule has 0 bridgehead atoms. The van der Waals surface area contributed by atoms with Crippen LogP contribution in [-0.4, -0.2) is 16.9 Å². The zero-order chi connectivity index (χ0) is 13.0. The SMILES string of the molecule is O=C1Nc2ccc(Cl)nc2N2c3ccccc3CC12. The molecule has 1 aromatic heterocycles. The molecule has 1 unspecified atom stereocenters. The number of hydrogen-bond acceptors (Lipinski definition) is 3. The van der Waals surface area contributed by atoms with Gasteiger partial charge in [0, 0.05) is 12.1 Å². The van der Waals surface area contributed by atoms with Crippen LogP contribution in [0.15, 0.2) is 36.4 Å². The van der Waals surface area contributed by atoms with Crippen molar-refractivity contribution >= 4 is 34.7 Å². The van der Waals surface area contributed by atoms with E-state index in [1.807, 2.05) is 29.2 Å². The van der Waals surface area contributed by atoms with E-state index in [1.165, 1.54) is 0 Å². The van der Waals surface area contributed by atoms with Crippen molar-refractivity contribution in [3.8, 4) is 0 Å². The van der Waals surface area contributed by atoms with Crippen LogP contribution < -0.4 is 10.2 Å². The number of fused-ring (bicyclic) bond motifs is 5. The molecule has 0 spiro atoms. The van der Waals surface area contributed by atoms with E-state index in [1.54, 1.807) is 12.1 Å². The molecule has 19 heavy (non-hydrogen) atoms. The number of aromatic nitrogens is 1. The van der Waals surface area contributed by atoms with Gasteiger partial charge in [0.1, 0.15) is 11.2 Å². The molecule has 3 heterocycles. The first-order valence-corrected chi connectivity index (χ1v) is 6.46. The molecule has 4 rings (SSSR count). The van der Waals surface area contributed by atoms with Gasteiger partial charge in [0.15, 0.2) is 5.82 Å². The Hall–Kier alpha value is -2.07. The van der Waals surface area contributed by atoms with Crippen molar-refractivity contribution < 1.29 is 4.79 Å². The lowest BCUT2D eigenvalue weighted by Crippen LogP contribution is -2.43. The Morgan fingerprint density at radius 1 is 1.26 bits per heavy atom. The number of amides is 1. The number of halogens is 1. The van der Waals surface area contributed by atoms with Crippen molar-refractivity contribution in [3.05, 3.63) is 47.1 Å². The molecule has 1 N–H and O–H groups in total. The molecule has 1 amide bonds. The number of para-hydroxylation sites is 1. The highest BCUT2D eigenvalue weighted by atomic mass is 35.5. The summed E-state index contributed by atoms with van der Waals surface area (Å²) < 4.78 is 0. The number of carbonyl (C=O) groups excluding carboxylic acids is 1. The molecule has 0 saturated carbocycles. The minimum atomic E-state index is -0.226. The van der Waals surface area contributed by atoms with Crippen molar-refractivity contribution in [2.24, 2.45) is 0 Å². The Kier molecular flexibility index (Phi) is 2.11. The Morgan fingerprint density at radius 2 is 2.11 bits per heavy atom. The number of nitrogens with one attached hydrogen (secondary N) is 1. The first kappa shape index (κ1) is 10.8. The molecule has 0 saturated heterocycles. The van der Waals surface area contributed by atoms with E-state index in [4.69, 9.17) is 11.6 Å². The summed E-state index contributed by atoms with van der Waals surface area (Å²) in [5.41, 5.74) is 2.91. The predicted molar refractivity (Wildman–Crippen MR) is 73.9 cm³/mol. The second-order valence-corrected chi connectivity index (χ2v) is 5.10. The fourth-order valence-electron chi connectivity index (χ4n) is 2.78. The van der Waals surface area contributed by atoms with Gasteiger partial charge < -0.3 is 10.2 Å². The van der Waals surface area contributed by atoms with Crippen LogP contribution in [0.1, 0.15) is 5.56 Å². The topological polar surface area (TPSA) is 45.2 Å². The van der Waals surface area contributed by atoms with E-state index in [2.05, 4.69) is 10.3 Å². The summed E-state index contributed by atoms with van der Waals surface area (Å²) in [6.07, 6.45) is 0.704. The third kappa shape index (κ3) is 1.47. The zero-order valence-corrected chi connectivity index (χ0v) is 10.7. The fourth-order valence-corrected chi connectivity index (χ4v) is 2.92. The Morgan fingerprint density at radius 3 is 3.00 bits per heavy atom. The van der Waals surface area contributed by atoms with Crippen LogP contribution in [0.3, 0.4) is 0 Å². The van der Waals surface area contributed by atoms with Gasteiger partial charge in [0.25, 0.3) is 0 Å². The quantitative estimate of drug-likeness (QED) is 0.750. The second-order valence-electron chi connectivity index (χ2n) is 4.71. The highest BCUT2D eigenvalue weighted by Gasteiger charge is 2.40. The summed E-state index contributed by atoms with van der Waals surface area (Å²) >= 11 is 5.98. The van der Waals surface area contributed by atoms with Crippen molar-refractivity contribution in [1.29, 1.82) is 0 Å². The van der Waals surface area contributed by atoms with Gasteiger partial charge in [0.05, 0.1) is 5.69 Å². The van der Waals surface area contributed by atoms with Crippen LogP contribution in [0.25, 0.3) is 0 Å². The largest absolute Gasteiger partial charge is 0.321 e. The molecule has 1 aromatic carbocycles. The number of benzene rings is 1. The molecular formula is C14H10ClN3O. The van der Waals surface area contributed by atoms with Gasteiger partial charge in [-0.2, -0.15) is 0 Å². The lowest BCUT2D eigenvalue weighted by atomic mass is 10.1. The van der Waals surface area contributed by atoms with E-state index in [0.29, 0.717) is 17.3 Å². The number of rotatable bonds is 0. The van der Waals surface area contributed by atoms with Crippen LogP contribution in [0.4, 0.5) is 17.2 Å². The van der Waals surface area contributed by atoms with Gasteiger partial charge in [-0.15, -0.1) is 0 Å². The average Bonchev–Trinajstić information content (AvgIpc) is 2.80. The molecule has 0 aliphatic carbocycles. The van der Waals surface area contributed by atoms with Crippen molar-refractivity contribution in [3.63, 3.8) is 0 Å². The van der Waals surface area contributed by atoms with Gasteiger partial charge in [-0.25, -0.2) is 4.98 Å². The maximum atomic E-state index is 12.2. The van der Waals surface area contributed by atoms with Crippen LogP contribution in [0.5, 0.6) is 0 Å². The lowest BCUT2D eigenvalue weighted by Gasteiger charge is -2.32. The van der Waals surface area contributed by atoms with Gasteiger partial charge in [-0.3, -0.25) is 4.79 Å². The first-order chi connectivity index (χ1) is 9.24. The van der Waals surface area contributed by atoms with Crippen molar-refractivity contribution in [2.45, 2.75) is 12.5 Å². The monoisotopic (exact) mass is 271 g/mol. The van der Waals surface area contributed by atoms with E-state index in [-0.39, 0.29) is 11.9 Å². The predicted octanol–water partition coefficient (Wildman–Crippen LogP) is 2.75. The summed E-state index contributed by atoms with van der Waals surface area (Å²) in [5.74, 6) is 0.731. The Labute approximate surface area is 115 Å². The molecule has 2 aromatic rings. The van der Waals surface area contributed by atoms with E-state index < -0.39 is 0 Å². The zero-order valence-electron chi connectivity index (χ0n) is 9.93. The molecule has 2 aliphatic rings. The third-order valence-corrected chi connectivity index (χ3v) is 3.82. The van der Waals surface area contributed by atoms with Crippen LogP contribution in [-0.2, 0) is 11.2 Å². The molecule has 2 aliphatic heterocycles. The van der Waals surface area contributed by atoms with Crippen LogP contribution >= 0.6 is 11.6 Å². The first-order valence-electron chi connectivity index (χ1n) is 6.08. The van der Waals surface area contributed by atoms with Gasteiger partial charge in [-0.05, 0) is 23.8 Å². The van der Waals surface area contributed by atoms with E-state index >= 15 is 0 Å². The Bertz CT molecular complexity index is 701. The smallest absolute Gasteiger partial charge is 0.247 e. The maximum absolute atomic E-state index is 12.2. The highest BCUT2D eigenvalue weighted by Crippen LogP contribution is 2.43. The van der Waals surface area contributed by atoms with E-state index in [9.17, 15) is 4.79 Å². The fraction of sp³-hybridized carbons (Fsp3) is 0.143. The number of carbonyl (C=O) groups is 1. The maximum Gasteiger partial charge on any atom is 0.247 e. The van der Waals surface area contributed by atoms with Crippen molar-refractivity contribution in [1.82, 2.24) is 4.98 Å². The molecule has 4 nitrogen and oxygen atoms in total. The molecule has 5 heteroatoms. The average molecular weight is 272 g/mol. The van der Waals surface area contributed by atoms with Gasteiger partial charge >= 0.3 is 0 Å². The number of anilines is 3. The minimum Gasteiger partial charge on any atom is -0.321 e. The highest BCUT2D eigenvalue weighted by molar-refractivity contribution is 6.29. The second kappa shape index (κ2) is 3.71. The van der Waals surface area contributed by atoms with Crippen molar-refractivity contribution in [2.75, 3.05) is 10.2 Å². The number of hydrogen-bond donors (Lipinski definition) is 1. The number of pyridine rings is 1. The molecular weight excluding hydrogens is 262 g/mol. The summed E-state index contributed by atoms with van der Waals surface area (Å²) in [5, 5.41) is 3.32. The summed E-state index contributed by atoms with van der Waals surface area (Å²) in [6, 6.07) is 11.3. The summed E-state index contributed by atoms with van der Waals surface area (Å²) in [4.78, 5) is 18.5. The molecule has 94 valence electrons.